The van der Waals surface area contributed by atoms with E-state index in [4.69, 9.17) is 10.8 Å². The molecule has 1 saturated heterocycles. The van der Waals surface area contributed by atoms with Gasteiger partial charge in [0.1, 0.15) is 0 Å². The van der Waals surface area contributed by atoms with Crippen LogP contribution in [0, 0.1) is 0 Å². The Hall–Kier alpha value is -0.610. The minimum atomic E-state index is -0.447. The number of carbonyl (C=O) groups is 1. The molecule has 0 bridgehead atoms. The molecule has 12 heavy (non-hydrogen) atoms. The highest BCUT2D eigenvalue weighted by Gasteiger charge is 2.29. The smallest absolute Gasteiger partial charge is 0.239 e. The Morgan fingerprint density at radius 1 is 1.83 bits per heavy atom. The maximum absolute atomic E-state index is 11.4. The summed E-state index contributed by atoms with van der Waals surface area (Å²) in [6, 6.07) is -0.444. The largest absolute Gasteiger partial charge is 0.394 e. The van der Waals surface area contributed by atoms with Crippen molar-refractivity contribution in [2.75, 3.05) is 13.2 Å². The molecule has 1 amide bonds. The lowest BCUT2D eigenvalue weighted by Gasteiger charge is -2.24. The van der Waals surface area contributed by atoms with Gasteiger partial charge in [-0.15, -0.1) is 0 Å². The zero-order chi connectivity index (χ0) is 9.14. The normalized spacial score (nSPS) is 25.9. The first-order chi connectivity index (χ1) is 5.66. The fraction of sp³-hybridized carbons (Fsp3) is 0.875. The molecule has 0 aliphatic carbocycles. The highest BCUT2D eigenvalue weighted by Crippen LogP contribution is 2.16. The molecule has 1 fully saturated rings. The van der Waals surface area contributed by atoms with E-state index in [0.29, 0.717) is 0 Å². The third-order valence-corrected chi connectivity index (χ3v) is 2.26. The maximum atomic E-state index is 11.4. The van der Waals surface area contributed by atoms with Gasteiger partial charge < -0.3 is 15.7 Å². The lowest BCUT2D eigenvalue weighted by atomic mass is 10.2. The van der Waals surface area contributed by atoms with Crippen molar-refractivity contribution in [2.24, 2.45) is 5.73 Å². The Balaban J connectivity index is 2.55. The van der Waals surface area contributed by atoms with Crippen molar-refractivity contribution in [3.63, 3.8) is 0 Å². The first kappa shape index (κ1) is 9.48. The molecule has 0 aromatic heterocycles. The fourth-order valence-corrected chi connectivity index (χ4v) is 1.58. The zero-order valence-electron chi connectivity index (χ0n) is 7.36. The number of nitrogens with two attached hydrogens (primary N) is 1. The highest BCUT2D eigenvalue weighted by molar-refractivity contribution is 5.81. The molecule has 2 atom stereocenters. The molecule has 1 aliphatic rings. The van der Waals surface area contributed by atoms with Gasteiger partial charge in [-0.05, 0) is 19.8 Å². The molecule has 70 valence electrons. The molecule has 0 radical (unpaired) electrons. The molecule has 1 aliphatic heterocycles. The summed E-state index contributed by atoms with van der Waals surface area (Å²) in [5.74, 6) is -0.0495. The van der Waals surface area contributed by atoms with Gasteiger partial charge in [-0.25, -0.2) is 0 Å². The summed E-state index contributed by atoms with van der Waals surface area (Å²) in [7, 11) is 0. The van der Waals surface area contributed by atoms with Gasteiger partial charge in [0.2, 0.25) is 5.91 Å². The summed E-state index contributed by atoms with van der Waals surface area (Å²) in [6.07, 6.45) is 1.87. The molecule has 0 saturated carbocycles. The van der Waals surface area contributed by atoms with Crippen molar-refractivity contribution >= 4 is 5.91 Å². The van der Waals surface area contributed by atoms with Crippen molar-refractivity contribution in [3.05, 3.63) is 0 Å². The van der Waals surface area contributed by atoms with Crippen molar-refractivity contribution in [1.82, 2.24) is 4.90 Å². The molecule has 0 aromatic carbocycles. The summed E-state index contributed by atoms with van der Waals surface area (Å²) in [4.78, 5) is 13.1. The van der Waals surface area contributed by atoms with E-state index in [-0.39, 0.29) is 18.6 Å². The van der Waals surface area contributed by atoms with Crippen LogP contribution in [0.25, 0.3) is 0 Å². The van der Waals surface area contributed by atoms with E-state index in [1.54, 1.807) is 11.8 Å². The number of rotatable bonds is 2. The second kappa shape index (κ2) is 3.87. The van der Waals surface area contributed by atoms with Crippen LogP contribution in [0.4, 0.5) is 0 Å². The van der Waals surface area contributed by atoms with Gasteiger partial charge in [-0.1, -0.05) is 0 Å². The monoisotopic (exact) mass is 172 g/mol. The standard InChI is InChI=1S/C8H16N2O2/c1-6(9)8(12)10-4-2-3-7(10)5-11/h6-7,11H,2-5,9H2,1H3/t6?,7-/m1/s1. The number of amides is 1. The van der Waals surface area contributed by atoms with Crippen LogP contribution in [0.3, 0.4) is 0 Å². The number of likely N-dealkylation sites (tertiary alicyclic amines) is 1. The van der Waals surface area contributed by atoms with Crippen LogP contribution in [0.2, 0.25) is 0 Å². The van der Waals surface area contributed by atoms with Gasteiger partial charge in [0.15, 0.2) is 0 Å². The Labute approximate surface area is 72.3 Å². The third kappa shape index (κ3) is 1.76. The zero-order valence-corrected chi connectivity index (χ0v) is 7.36. The number of nitrogens with zero attached hydrogens (tertiary/aromatic N) is 1. The van der Waals surface area contributed by atoms with Crippen LogP contribution in [-0.4, -0.2) is 41.1 Å². The molecule has 4 heteroatoms. The van der Waals surface area contributed by atoms with Gasteiger partial charge >= 0.3 is 0 Å². The second-order valence-corrected chi connectivity index (χ2v) is 3.30. The van der Waals surface area contributed by atoms with Crippen LogP contribution in [0.1, 0.15) is 19.8 Å². The maximum Gasteiger partial charge on any atom is 0.239 e. The van der Waals surface area contributed by atoms with Gasteiger partial charge in [0.05, 0.1) is 18.7 Å². The first-order valence-corrected chi connectivity index (χ1v) is 4.33. The predicted molar refractivity (Wildman–Crippen MR) is 45.5 cm³/mol. The van der Waals surface area contributed by atoms with E-state index in [1.165, 1.54) is 0 Å². The number of hydrogen-bond donors (Lipinski definition) is 2. The number of aliphatic hydroxyl groups excluding tert-OH is 1. The topological polar surface area (TPSA) is 66.6 Å². The summed E-state index contributed by atoms with van der Waals surface area (Å²) in [5.41, 5.74) is 5.46. The van der Waals surface area contributed by atoms with Crippen LogP contribution in [0.5, 0.6) is 0 Å². The van der Waals surface area contributed by atoms with Crippen LogP contribution in [0.15, 0.2) is 0 Å². The second-order valence-electron chi connectivity index (χ2n) is 3.30. The number of hydrogen-bond acceptors (Lipinski definition) is 3. The van der Waals surface area contributed by atoms with Crippen molar-refractivity contribution in [2.45, 2.75) is 31.8 Å². The minimum absolute atomic E-state index is 0.00324. The van der Waals surface area contributed by atoms with Gasteiger partial charge in [0.25, 0.3) is 0 Å². The minimum Gasteiger partial charge on any atom is -0.394 e. The summed E-state index contributed by atoms with van der Waals surface area (Å²) < 4.78 is 0. The molecular formula is C8H16N2O2. The van der Waals surface area contributed by atoms with E-state index >= 15 is 0 Å². The van der Waals surface area contributed by atoms with Crippen LogP contribution < -0.4 is 5.73 Å². The molecule has 0 spiro atoms. The quantitative estimate of drug-likeness (QED) is 0.580. The lowest BCUT2D eigenvalue weighted by Crippen LogP contribution is -2.45. The molecule has 1 unspecified atom stereocenters. The van der Waals surface area contributed by atoms with Gasteiger partial charge in [-0.2, -0.15) is 0 Å². The van der Waals surface area contributed by atoms with E-state index in [2.05, 4.69) is 0 Å². The van der Waals surface area contributed by atoms with Crippen molar-refractivity contribution in [3.8, 4) is 0 Å². The summed E-state index contributed by atoms with van der Waals surface area (Å²) >= 11 is 0. The fourth-order valence-electron chi connectivity index (χ4n) is 1.58. The first-order valence-electron chi connectivity index (χ1n) is 4.33. The number of carbonyl (C=O) groups excluding carboxylic acids is 1. The summed E-state index contributed by atoms with van der Waals surface area (Å²) in [5, 5.41) is 8.93. The van der Waals surface area contributed by atoms with E-state index in [1.807, 2.05) is 0 Å². The Kier molecular flexibility index (Phi) is 3.05. The van der Waals surface area contributed by atoms with E-state index in [0.717, 1.165) is 19.4 Å². The van der Waals surface area contributed by atoms with Crippen molar-refractivity contribution < 1.29 is 9.90 Å². The van der Waals surface area contributed by atoms with E-state index < -0.39 is 6.04 Å². The Morgan fingerprint density at radius 2 is 2.50 bits per heavy atom. The molecule has 3 N–H and O–H groups in total. The molecule has 0 aromatic rings. The molecular weight excluding hydrogens is 156 g/mol. The lowest BCUT2D eigenvalue weighted by molar-refractivity contribution is -0.133. The average molecular weight is 172 g/mol. The predicted octanol–water partition coefficient (Wildman–Crippen LogP) is -0.683. The Morgan fingerprint density at radius 3 is 3.00 bits per heavy atom. The highest BCUT2D eigenvalue weighted by atomic mass is 16.3. The van der Waals surface area contributed by atoms with E-state index in [9.17, 15) is 4.79 Å². The van der Waals surface area contributed by atoms with Crippen LogP contribution >= 0.6 is 0 Å². The number of aliphatic hydroxyl groups is 1. The van der Waals surface area contributed by atoms with Gasteiger partial charge in [-0.3, -0.25) is 4.79 Å². The summed E-state index contributed by atoms with van der Waals surface area (Å²) in [6.45, 7) is 2.47. The molecule has 4 nitrogen and oxygen atoms in total. The van der Waals surface area contributed by atoms with Gasteiger partial charge in [0, 0.05) is 6.54 Å². The Bertz CT molecular complexity index is 170. The molecule has 1 heterocycles. The van der Waals surface area contributed by atoms with Crippen LogP contribution in [-0.2, 0) is 4.79 Å². The molecule has 1 rings (SSSR count). The third-order valence-electron chi connectivity index (χ3n) is 2.26. The van der Waals surface area contributed by atoms with Crippen molar-refractivity contribution in [1.29, 1.82) is 0 Å². The SMILES string of the molecule is CC(N)C(=O)N1CCC[C@@H]1CO. The average Bonchev–Trinajstić information content (AvgIpc) is 2.49.